The third kappa shape index (κ3) is 7.64. The molecule has 2 aromatic rings. The molecule has 0 saturated heterocycles. The summed E-state index contributed by atoms with van der Waals surface area (Å²) in [5.41, 5.74) is 1.05. The second-order valence-corrected chi connectivity index (χ2v) is 9.93. The van der Waals surface area contributed by atoms with Gasteiger partial charge in [0.1, 0.15) is 18.3 Å². The Morgan fingerprint density at radius 1 is 1.15 bits per heavy atom. The Kier molecular flexibility index (Phi) is 9.55. The number of rotatable bonds is 11. The van der Waals surface area contributed by atoms with Crippen LogP contribution in [0.5, 0.6) is 5.75 Å². The van der Waals surface area contributed by atoms with Gasteiger partial charge in [-0.3, -0.25) is 13.9 Å². The first-order chi connectivity index (χ1) is 15.6. The van der Waals surface area contributed by atoms with Crippen molar-refractivity contribution in [2.75, 3.05) is 30.8 Å². The average molecular weight is 496 g/mol. The number of halogens is 1. The summed E-state index contributed by atoms with van der Waals surface area (Å²) in [7, 11) is -2.33. The standard InChI is InChI=1S/C23H30ClN3O5S/c1-5-13-25-23(29)17(2)26(15-18-9-11-19(24)12-10-18)22(28)16-27(33(4,30)31)20-7-6-8-21(14-20)32-3/h6-12,14,17H,5,13,15-16H2,1-4H3,(H,25,29). The van der Waals surface area contributed by atoms with Crippen molar-refractivity contribution in [2.24, 2.45) is 0 Å². The summed E-state index contributed by atoms with van der Waals surface area (Å²) >= 11 is 5.96. The molecule has 1 atom stereocenters. The number of amides is 2. The topological polar surface area (TPSA) is 96.0 Å². The lowest BCUT2D eigenvalue weighted by molar-refractivity contribution is -0.139. The number of carbonyl (C=O) groups excluding carboxylic acids is 2. The molecule has 0 heterocycles. The molecule has 8 nitrogen and oxygen atoms in total. The van der Waals surface area contributed by atoms with Crippen molar-refractivity contribution in [2.45, 2.75) is 32.9 Å². The monoisotopic (exact) mass is 495 g/mol. The number of methoxy groups -OCH3 is 1. The van der Waals surface area contributed by atoms with Gasteiger partial charge in [0.05, 0.1) is 19.1 Å². The van der Waals surface area contributed by atoms with Crippen LogP contribution in [-0.4, -0.2) is 57.6 Å². The van der Waals surface area contributed by atoms with Gasteiger partial charge >= 0.3 is 0 Å². The van der Waals surface area contributed by atoms with Crippen molar-refractivity contribution in [3.05, 3.63) is 59.1 Å². The number of ether oxygens (including phenoxy) is 1. The lowest BCUT2D eigenvalue weighted by Crippen LogP contribution is -2.51. The minimum atomic E-state index is -3.80. The van der Waals surface area contributed by atoms with Crippen molar-refractivity contribution in [3.63, 3.8) is 0 Å². The van der Waals surface area contributed by atoms with Gasteiger partial charge in [-0.15, -0.1) is 0 Å². The van der Waals surface area contributed by atoms with Crippen LogP contribution in [0, 0.1) is 0 Å². The zero-order valence-corrected chi connectivity index (χ0v) is 20.8. The van der Waals surface area contributed by atoms with E-state index >= 15 is 0 Å². The van der Waals surface area contributed by atoms with Crippen molar-refractivity contribution < 1.29 is 22.7 Å². The lowest BCUT2D eigenvalue weighted by atomic mass is 10.1. The van der Waals surface area contributed by atoms with E-state index in [0.29, 0.717) is 23.0 Å². The maximum atomic E-state index is 13.4. The molecule has 1 unspecified atom stereocenters. The second kappa shape index (κ2) is 11.9. The second-order valence-electron chi connectivity index (χ2n) is 7.59. The summed E-state index contributed by atoms with van der Waals surface area (Å²) in [5, 5.41) is 3.34. The Hall–Kier alpha value is -2.78. The van der Waals surface area contributed by atoms with Crippen molar-refractivity contribution in [1.29, 1.82) is 0 Å². The van der Waals surface area contributed by atoms with Crippen LogP contribution in [0.15, 0.2) is 48.5 Å². The molecule has 2 rings (SSSR count). The predicted octanol–water partition coefficient (Wildman–Crippen LogP) is 3.06. The molecule has 2 amide bonds. The predicted molar refractivity (Wildman–Crippen MR) is 130 cm³/mol. The Bertz CT molecular complexity index is 1060. The first kappa shape index (κ1) is 26.5. The van der Waals surface area contributed by atoms with Gasteiger partial charge in [-0.1, -0.05) is 36.7 Å². The number of hydrogen-bond acceptors (Lipinski definition) is 5. The van der Waals surface area contributed by atoms with E-state index in [2.05, 4.69) is 5.32 Å². The fourth-order valence-electron chi connectivity index (χ4n) is 3.14. The van der Waals surface area contributed by atoms with E-state index < -0.39 is 28.5 Å². The number of benzene rings is 2. The molecule has 0 radical (unpaired) electrons. The van der Waals surface area contributed by atoms with Crippen LogP contribution in [-0.2, 0) is 26.2 Å². The minimum absolute atomic E-state index is 0.117. The van der Waals surface area contributed by atoms with Crippen molar-refractivity contribution in [1.82, 2.24) is 10.2 Å². The fourth-order valence-corrected chi connectivity index (χ4v) is 4.11. The number of nitrogens with one attached hydrogen (secondary N) is 1. The highest BCUT2D eigenvalue weighted by Crippen LogP contribution is 2.24. The van der Waals surface area contributed by atoms with E-state index in [1.165, 1.54) is 18.1 Å². The molecule has 0 bridgehead atoms. The summed E-state index contributed by atoms with van der Waals surface area (Å²) < 4.78 is 31.3. The molecule has 2 aromatic carbocycles. The smallest absolute Gasteiger partial charge is 0.244 e. The van der Waals surface area contributed by atoms with Crippen LogP contribution in [0.25, 0.3) is 0 Å². The highest BCUT2D eigenvalue weighted by atomic mass is 35.5. The van der Waals surface area contributed by atoms with Gasteiger partial charge in [0.25, 0.3) is 0 Å². The van der Waals surface area contributed by atoms with Gasteiger partial charge in [-0.05, 0) is 43.2 Å². The van der Waals surface area contributed by atoms with Crippen LogP contribution in [0.3, 0.4) is 0 Å². The van der Waals surface area contributed by atoms with Crippen molar-refractivity contribution >= 4 is 39.1 Å². The maximum absolute atomic E-state index is 13.4. The van der Waals surface area contributed by atoms with Gasteiger partial charge in [0.15, 0.2) is 0 Å². The zero-order chi connectivity index (χ0) is 24.6. The SMILES string of the molecule is CCCNC(=O)C(C)N(Cc1ccc(Cl)cc1)C(=O)CN(c1cccc(OC)c1)S(C)(=O)=O. The van der Waals surface area contributed by atoms with Gasteiger partial charge in [0.2, 0.25) is 21.8 Å². The summed E-state index contributed by atoms with van der Waals surface area (Å²) in [6.07, 6.45) is 1.78. The molecule has 0 aliphatic carbocycles. The molecule has 10 heteroatoms. The molecule has 180 valence electrons. The Balaban J connectivity index is 2.37. The molecule has 0 fully saturated rings. The van der Waals surface area contributed by atoms with Crippen LogP contribution in [0.1, 0.15) is 25.8 Å². The molecule has 0 aromatic heterocycles. The largest absolute Gasteiger partial charge is 0.497 e. The summed E-state index contributed by atoms with van der Waals surface area (Å²) in [5.74, 6) is -0.372. The van der Waals surface area contributed by atoms with Gasteiger partial charge in [-0.25, -0.2) is 8.42 Å². The van der Waals surface area contributed by atoms with Crippen molar-refractivity contribution in [3.8, 4) is 5.75 Å². The lowest BCUT2D eigenvalue weighted by Gasteiger charge is -2.31. The van der Waals surface area contributed by atoms with Crippen LogP contribution in [0.4, 0.5) is 5.69 Å². The first-order valence-corrected chi connectivity index (χ1v) is 12.7. The quantitative estimate of drug-likeness (QED) is 0.517. The van der Waals surface area contributed by atoms with Gasteiger partial charge in [0, 0.05) is 24.2 Å². The third-order valence-electron chi connectivity index (χ3n) is 5.00. The van der Waals surface area contributed by atoms with E-state index in [9.17, 15) is 18.0 Å². The number of nitrogens with zero attached hydrogens (tertiary/aromatic N) is 2. The van der Waals surface area contributed by atoms with Crippen LogP contribution < -0.4 is 14.4 Å². The molecule has 0 aliphatic heterocycles. The Labute approximate surface area is 200 Å². The zero-order valence-electron chi connectivity index (χ0n) is 19.2. The third-order valence-corrected chi connectivity index (χ3v) is 6.40. The molecule has 0 aliphatic rings. The van der Waals surface area contributed by atoms with E-state index in [0.717, 1.165) is 22.5 Å². The molecule has 1 N–H and O–H groups in total. The van der Waals surface area contributed by atoms with E-state index in [-0.39, 0.29) is 12.5 Å². The number of hydrogen-bond donors (Lipinski definition) is 1. The molecule has 0 saturated carbocycles. The van der Waals surface area contributed by atoms with Gasteiger partial charge in [-0.2, -0.15) is 0 Å². The Morgan fingerprint density at radius 3 is 2.39 bits per heavy atom. The highest BCUT2D eigenvalue weighted by Gasteiger charge is 2.30. The highest BCUT2D eigenvalue weighted by molar-refractivity contribution is 7.92. The normalized spacial score (nSPS) is 12.0. The maximum Gasteiger partial charge on any atom is 0.244 e. The Morgan fingerprint density at radius 2 is 1.82 bits per heavy atom. The van der Waals surface area contributed by atoms with Gasteiger partial charge < -0.3 is 15.0 Å². The summed E-state index contributed by atoms with van der Waals surface area (Å²) in [6.45, 7) is 3.68. The molecular formula is C23H30ClN3O5S. The fraction of sp³-hybridized carbons (Fsp3) is 0.391. The van der Waals surface area contributed by atoms with E-state index in [1.807, 2.05) is 6.92 Å². The van der Waals surface area contributed by atoms with E-state index in [1.54, 1.807) is 49.4 Å². The minimum Gasteiger partial charge on any atom is -0.497 e. The van der Waals surface area contributed by atoms with Crippen LogP contribution >= 0.6 is 11.6 Å². The van der Waals surface area contributed by atoms with E-state index in [4.69, 9.17) is 16.3 Å². The summed E-state index contributed by atoms with van der Waals surface area (Å²) in [6, 6.07) is 12.5. The summed E-state index contributed by atoms with van der Waals surface area (Å²) in [4.78, 5) is 27.4. The molecular weight excluding hydrogens is 466 g/mol. The van der Waals surface area contributed by atoms with Crippen LogP contribution in [0.2, 0.25) is 5.02 Å². The first-order valence-electron chi connectivity index (χ1n) is 10.5. The molecule has 0 spiro atoms. The molecule has 33 heavy (non-hydrogen) atoms. The average Bonchev–Trinajstić information content (AvgIpc) is 2.79. The number of carbonyl (C=O) groups is 2. The number of anilines is 1. The number of sulfonamides is 1.